The molecule has 0 atom stereocenters. The monoisotopic (exact) mass is 661 g/mol. The van der Waals surface area contributed by atoms with Crippen molar-refractivity contribution in [3.63, 3.8) is 0 Å². The van der Waals surface area contributed by atoms with Crippen molar-refractivity contribution in [3.05, 3.63) is 73.5 Å². The zero-order valence-corrected chi connectivity index (χ0v) is 26.8. The van der Waals surface area contributed by atoms with E-state index in [-0.39, 0.29) is 30.9 Å². The lowest BCUT2D eigenvalue weighted by atomic mass is 9.98. The second-order valence-corrected chi connectivity index (χ2v) is 13.6. The van der Waals surface area contributed by atoms with E-state index >= 15 is 0 Å². The second-order valence-electron chi connectivity index (χ2n) is 9.98. The van der Waals surface area contributed by atoms with E-state index in [0.717, 1.165) is 28.8 Å². The molecule has 1 saturated carbocycles. The van der Waals surface area contributed by atoms with Gasteiger partial charge in [-0.25, -0.2) is 4.98 Å². The number of amides is 2. The van der Waals surface area contributed by atoms with E-state index in [1.54, 1.807) is 25.4 Å². The minimum absolute atomic E-state index is 0.0858. The van der Waals surface area contributed by atoms with Gasteiger partial charge in [0.15, 0.2) is 16.6 Å². The van der Waals surface area contributed by atoms with Crippen molar-refractivity contribution in [2.24, 2.45) is 0 Å². The van der Waals surface area contributed by atoms with E-state index in [4.69, 9.17) is 44.9 Å². The summed E-state index contributed by atoms with van der Waals surface area (Å²) >= 11 is 20.2. The third-order valence-electron chi connectivity index (χ3n) is 6.93. The van der Waals surface area contributed by atoms with E-state index in [9.17, 15) is 9.59 Å². The van der Waals surface area contributed by atoms with Crippen LogP contribution in [0, 0.1) is 0 Å². The van der Waals surface area contributed by atoms with Gasteiger partial charge in [-0.2, -0.15) is 0 Å². The average Bonchev–Trinajstić information content (AvgIpc) is 3.52. The lowest BCUT2D eigenvalue weighted by Crippen LogP contribution is -2.31. The maximum absolute atomic E-state index is 13.1. The summed E-state index contributed by atoms with van der Waals surface area (Å²) in [6, 6.07) is 11.1. The highest BCUT2D eigenvalue weighted by atomic mass is 35.5. The molecule has 7 nitrogen and oxygen atoms in total. The molecular formula is C30H29Cl2N3O4S3. The summed E-state index contributed by atoms with van der Waals surface area (Å²) < 4.78 is 12.2. The SMILES string of the molecule is COc1cc(/C=C2\SC(=S)N(CCC(=O)Nc3ncc(Cc4ccc(Cl)c(Cl)c4)s3)C2=O)ccc1OC1CCCCC1. The van der Waals surface area contributed by atoms with E-state index < -0.39 is 0 Å². The van der Waals surface area contributed by atoms with Crippen LogP contribution < -0.4 is 14.8 Å². The Morgan fingerprint density at radius 2 is 1.95 bits per heavy atom. The summed E-state index contributed by atoms with van der Waals surface area (Å²) in [5.74, 6) is 0.866. The Balaban J connectivity index is 1.15. The van der Waals surface area contributed by atoms with Crippen molar-refractivity contribution in [3.8, 4) is 11.5 Å². The molecule has 0 spiro atoms. The first-order chi connectivity index (χ1) is 20.3. The maximum atomic E-state index is 13.1. The van der Waals surface area contributed by atoms with Crippen LogP contribution in [0.5, 0.6) is 11.5 Å². The first kappa shape index (κ1) is 30.8. The molecular weight excluding hydrogens is 633 g/mol. The number of methoxy groups -OCH3 is 1. The van der Waals surface area contributed by atoms with E-state index in [2.05, 4.69) is 10.3 Å². The van der Waals surface area contributed by atoms with Crippen LogP contribution in [-0.4, -0.2) is 45.8 Å². The van der Waals surface area contributed by atoms with Crippen molar-refractivity contribution < 1.29 is 19.1 Å². The largest absolute Gasteiger partial charge is 0.493 e. The van der Waals surface area contributed by atoms with Gasteiger partial charge in [0.1, 0.15) is 4.32 Å². The Bertz CT molecular complexity index is 1520. The molecule has 220 valence electrons. The van der Waals surface area contributed by atoms with E-state index in [0.29, 0.717) is 42.3 Å². The van der Waals surface area contributed by atoms with E-state index in [1.165, 1.54) is 47.3 Å². The van der Waals surface area contributed by atoms with Gasteiger partial charge in [-0.05, 0) is 67.2 Å². The lowest BCUT2D eigenvalue weighted by molar-refractivity contribution is -0.122. The Labute approximate surface area is 268 Å². The van der Waals surface area contributed by atoms with Gasteiger partial charge in [0.2, 0.25) is 5.91 Å². The van der Waals surface area contributed by atoms with Crippen LogP contribution in [0.1, 0.15) is 54.5 Å². The number of carbonyl (C=O) groups is 2. The maximum Gasteiger partial charge on any atom is 0.266 e. The number of rotatable bonds is 10. The van der Waals surface area contributed by atoms with Crippen molar-refractivity contribution in [2.45, 2.75) is 51.0 Å². The second kappa shape index (κ2) is 14.2. The summed E-state index contributed by atoms with van der Waals surface area (Å²) in [6.07, 6.45) is 10.1. The molecule has 1 aromatic heterocycles. The number of carbonyl (C=O) groups excluding carboxylic acids is 2. The van der Waals surface area contributed by atoms with Gasteiger partial charge in [0, 0.05) is 30.5 Å². The van der Waals surface area contributed by atoms with Gasteiger partial charge in [0.25, 0.3) is 5.91 Å². The fraction of sp³-hybridized carbons (Fsp3) is 0.333. The van der Waals surface area contributed by atoms with E-state index in [1.807, 2.05) is 30.3 Å². The van der Waals surface area contributed by atoms with Crippen LogP contribution in [0.4, 0.5) is 5.13 Å². The predicted molar refractivity (Wildman–Crippen MR) is 175 cm³/mol. The number of nitrogens with zero attached hydrogens (tertiary/aromatic N) is 2. The highest BCUT2D eigenvalue weighted by Crippen LogP contribution is 2.36. The summed E-state index contributed by atoms with van der Waals surface area (Å²) in [5.41, 5.74) is 1.80. The van der Waals surface area contributed by atoms with Crippen molar-refractivity contribution in [1.29, 1.82) is 0 Å². The van der Waals surface area contributed by atoms with Gasteiger partial charge < -0.3 is 14.8 Å². The van der Waals surface area contributed by atoms with Gasteiger partial charge in [-0.3, -0.25) is 14.5 Å². The van der Waals surface area contributed by atoms with Crippen LogP contribution in [0.25, 0.3) is 6.08 Å². The highest BCUT2D eigenvalue weighted by molar-refractivity contribution is 8.26. The minimum atomic E-state index is -0.248. The van der Waals surface area contributed by atoms with Crippen molar-refractivity contribution in [2.75, 3.05) is 19.0 Å². The number of thioether (sulfide) groups is 1. The normalized spacial score (nSPS) is 16.7. The fourth-order valence-electron chi connectivity index (χ4n) is 4.77. The molecule has 1 N–H and O–H groups in total. The predicted octanol–water partition coefficient (Wildman–Crippen LogP) is 7.99. The van der Waals surface area contributed by atoms with Gasteiger partial charge in [-0.1, -0.05) is 65.7 Å². The zero-order chi connectivity index (χ0) is 29.6. The van der Waals surface area contributed by atoms with Crippen LogP contribution in [0.2, 0.25) is 10.0 Å². The molecule has 3 aromatic rings. The molecule has 1 saturated heterocycles. The summed E-state index contributed by atoms with van der Waals surface area (Å²) in [5, 5.41) is 4.30. The number of hydrogen-bond donors (Lipinski definition) is 1. The quantitative estimate of drug-likeness (QED) is 0.174. The first-order valence-electron chi connectivity index (χ1n) is 13.6. The number of thiocarbonyl (C=S) groups is 1. The molecule has 0 bridgehead atoms. The van der Waals surface area contributed by atoms with Crippen LogP contribution in [-0.2, 0) is 16.0 Å². The number of benzene rings is 2. The molecule has 1 aliphatic heterocycles. The van der Waals surface area contributed by atoms with Crippen LogP contribution >= 0.6 is 58.5 Å². The Hall–Kier alpha value is -2.63. The molecule has 2 heterocycles. The molecule has 5 rings (SSSR count). The standard InChI is InChI=1S/C30H29Cl2N3O4S3/c1-38-25-15-19(8-10-24(25)39-20-5-3-2-4-6-20)16-26-28(37)35(30(40)42-26)12-11-27(36)34-29-33-17-21(41-29)13-18-7-9-22(31)23(32)14-18/h7-10,14-17,20H,2-6,11-13H2,1H3,(H,33,34,36)/b26-16-. The van der Waals surface area contributed by atoms with Crippen molar-refractivity contribution in [1.82, 2.24) is 9.88 Å². The summed E-state index contributed by atoms with van der Waals surface area (Å²) in [4.78, 5) is 33.0. The molecule has 1 aliphatic carbocycles. The molecule has 2 aromatic carbocycles. The number of nitrogens with one attached hydrogen (secondary N) is 1. The molecule has 2 aliphatic rings. The molecule has 2 amide bonds. The number of ether oxygens (including phenoxy) is 2. The van der Waals surface area contributed by atoms with Crippen molar-refractivity contribution >= 4 is 85.9 Å². The fourth-order valence-corrected chi connectivity index (χ4v) is 7.26. The number of aromatic nitrogens is 1. The third-order valence-corrected chi connectivity index (χ3v) is 9.96. The molecule has 2 fully saturated rings. The smallest absolute Gasteiger partial charge is 0.266 e. The Kier molecular flexibility index (Phi) is 10.4. The average molecular weight is 663 g/mol. The zero-order valence-electron chi connectivity index (χ0n) is 22.9. The Morgan fingerprint density at radius 1 is 1.14 bits per heavy atom. The minimum Gasteiger partial charge on any atom is -0.493 e. The van der Waals surface area contributed by atoms with Gasteiger partial charge in [0.05, 0.1) is 28.2 Å². The molecule has 0 unspecified atom stereocenters. The molecule has 0 radical (unpaired) electrons. The molecule has 42 heavy (non-hydrogen) atoms. The third kappa shape index (κ3) is 7.85. The number of thiazole rings is 1. The van der Waals surface area contributed by atoms with Gasteiger partial charge in [-0.15, -0.1) is 11.3 Å². The van der Waals surface area contributed by atoms with Crippen LogP contribution in [0.3, 0.4) is 0 Å². The lowest BCUT2D eigenvalue weighted by Gasteiger charge is -2.24. The number of halogens is 2. The Morgan fingerprint density at radius 3 is 2.71 bits per heavy atom. The number of hydrogen-bond acceptors (Lipinski definition) is 8. The summed E-state index contributed by atoms with van der Waals surface area (Å²) in [7, 11) is 1.61. The van der Waals surface area contributed by atoms with Crippen LogP contribution in [0.15, 0.2) is 47.5 Å². The van der Waals surface area contributed by atoms with Gasteiger partial charge >= 0.3 is 0 Å². The highest BCUT2D eigenvalue weighted by Gasteiger charge is 2.32. The topological polar surface area (TPSA) is 80.8 Å². The summed E-state index contributed by atoms with van der Waals surface area (Å²) in [6.45, 7) is 0.173. The first-order valence-corrected chi connectivity index (χ1v) is 16.4. The molecule has 12 heteroatoms. The number of anilines is 1.